The normalized spacial score (nSPS) is 15.8. The Bertz CT molecular complexity index is 487. The Kier molecular flexibility index (Phi) is 5.88. The quantitative estimate of drug-likeness (QED) is 0.878. The summed E-state index contributed by atoms with van der Waals surface area (Å²) in [6.07, 6.45) is 5.56. The third-order valence-electron chi connectivity index (χ3n) is 4.10. The Morgan fingerprint density at radius 3 is 2.71 bits per heavy atom. The van der Waals surface area contributed by atoms with Gasteiger partial charge in [-0.15, -0.1) is 0 Å². The number of carbonyl (C=O) groups is 1. The molecule has 1 saturated carbocycles. The summed E-state index contributed by atoms with van der Waals surface area (Å²) in [4.78, 5) is 14.7. The van der Waals surface area contributed by atoms with E-state index in [9.17, 15) is 9.90 Å². The fourth-order valence-electron chi connectivity index (χ4n) is 3.02. The van der Waals surface area contributed by atoms with Crippen LogP contribution in [0.25, 0.3) is 0 Å². The number of rotatable bonds is 5. The van der Waals surface area contributed by atoms with Crippen LogP contribution in [0.2, 0.25) is 5.02 Å². The molecule has 0 radical (unpaired) electrons. The van der Waals surface area contributed by atoms with Gasteiger partial charge in [0.15, 0.2) is 0 Å². The average Bonchev–Trinajstić information content (AvgIpc) is 2.52. The molecule has 1 aromatic rings. The lowest BCUT2D eigenvalue weighted by molar-refractivity contribution is 0.0586. The highest BCUT2D eigenvalue weighted by Gasteiger charge is 2.27. The Morgan fingerprint density at radius 2 is 2.10 bits per heavy atom. The van der Waals surface area contributed by atoms with Crippen molar-refractivity contribution in [3.63, 3.8) is 0 Å². The molecule has 2 N–H and O–H groups in total. The maximum Gasteiger partial charge on any atom is 0.256 e. The first-order valence-electron chi connectivity index (χ1n) is 7.56. The summed E-state index contributed by atoms with van der Waals surface area (Å²) in [7, 11) is 1.79. The van der Waals surface area contributed by atoms with E-state index in [4.69, 9.17) is 11.6 Å². The number of halogens is 1. The van der Waals surface area contributed by atoms with Crippen molar-refractivity contribution in [3.05, 3.63) is 28.8 Å². The van der Waals surface area contributed by atoms with E-state index in [2.05, 4.69) is 5.32 Å². The average molecular weight is 311 g/mol. The van der Waals surface area contributed by atoms with Gasteiger partial charge in [-0.3, -0.25) is 4.79 Å². The zero-order chi connectivity index (χ0) is 15.2. The lowest BCUT2D eigenvalue weighted by Gasteiger charge is -2.34. The number of nitrogens with one attached hydrogen (secondary N) is 1. The second-order valence-corrected chi connectivity index (χ2v) is 5.89. The van der Waals surface area contributed by atoms with Gasteiger partial charge in [0.05, 0.1) is 12.2 Å². The van der Waals surface area contributed by atoms with E-state index in [0.717, 1.165) is 31.4 Å². The number of amides is 1. The van der Waals surface area contributed by atoms with Gasteiger partial charge in [0, 0.05) is 30.3 Å². The minimum absolute atomic E-state index is 0.0162. The molecule has 1 aliphatic carbocycles. The summed E-state index contributed by atoms with van der Waals surface area (Å²) in [6.45, 7) is 0.358. The standard InChI is InChI=1S/C16H23ClN2O2/c1-18-15-8-7-12(17)11-14(15)16(21)19(9-10-20)13-5-3-2-4-6-13/h7-8,11,13,18,20H,2-6,9-10H2,1H3. The summed E-state index contributed by atoms with van der Waals surface area (Å²) >= 11 is 6.04. The number of aliphatic hydroxyl groups is 1. The van der Waals surface area contributed by atoms with E-state index in [1.54, 1.807) is 19.2 Å². The van der Waals surface area contributed by atoms with Crippen LogP contribution in [0.1, 0.15) is 42.5 Å². The SMILES string of the molecule is CNc1ccc(Cl)cc1C(=O)N(CCO)C1CCCCC1. The number of carbonyl (C=O) groups excluding carboxylic acids is 1. The molecule has 0 heterocycles. The molecule has 0 aliphatic heterocycles. The van der Waals surface area contributed by atoms with Crippen LogP contribution in [0.4, 0.5) is 5.69 Å². The molecule has 1 aromatic carbocycles. The van der Waals surface area contributed by atoms with Gasteiger partial charge in [0.2, 0.25) is 0 Å². The van der Waals surface area contributed by atoms with Gasteiger partial charge in [0.1, 0.15) is 0 Å². The van der Waals surface area contributed by atoms with E-state index in [1.165, 1.54) is 6.42 Å². The largest absolute Gasteiger partial charge is 0.395 e. The van der Waals surface area contributed by atoms with Crippen molar-refractivity contribution in [1.29, 1.82) is 0 Å². The molecule has 0 saturated heterocycles. The lowest BCUT2D eigenvalue weighted by Crippen LogP contribution is -2.43. The summed E-state index contributed by atoms with van der Waals surface area (Å²) in [5.41, 5.74) is 1.34. The Labute approximate surface area is 131 Å². The smallest absolute Gasteiger partial charge is 0.256 e. The predicted octanol–water partition coefficient (Wildman–Crippen LogP) is 3.15. The second kappa shape index (κ2) is 7.66. The first-order valence-corrected chi connectivity index (χ1v) is 7.94. The number of hydrogen-bond acceptors (Lipinski definition) is 3. The fourth-order valence-corrected chi connectivity index (χ4v) is 3.19. The molecule has 1 fully saturated rings. The van der Waals surface area contributed by atoms with E-state index in [1.807, 2.05) is 11.0 Å². The minimum atomic E-state index is -0.0530. The number of hydrogen-bond donors (Lipinski definition) is 2. The van der Waals surface area contributed by atoms with Crippen molar-refractivity contribution in [2.24, 2.45) is 0 Å². The van der Waals surface area contributed by atoms with Crippen LogP contribution in [0.5, 0.6) is 0 Å². The number of aliphatic hydroxyl groups excluding tert-OH is 1. The maximum atomic E-state index is 12.9. The van der Waals surface area contributed by atoms with Crippen LogP contribution in [-0.2, 0) is 0 Å². The van der Waals surface area contributed by atoms with Crippen LogP contribution in [0, 0.1) is 0 Å². The van der Waals surface area contributed by atoms with Gasteiger partial charge in [-0.25, -0.2) is 0 Å². The molecular weight excluding hydrogens is 288 g/mol. The first-order chi connectivity index (χ1) is 10.2. The zero-order valence-electron chi connectivity index (χ0n) is 12.4. The molecule has 4 nitrogen and oxygen atoms in total. The van der Waals surface area contributed by atoms with Crippen molar-refractivity contribution in [2.45, 2.75) is 38.1 Å². The highest BCUT2D eigenvalue weighted by molar-refractivity contribution is 6.31. The predicted molar refractivity (Wildman–Crippen MR) is 86.0 cm³/mol. The lowest BCUT2D eigenvalue weighted by atomic mass is 9.93. The monoisotopic (exact) mass is 310 g/mol. The van der Waals surface area contributed by atoms with Crippen LogP contribution < -0.4 is 5.32 Å². The van der Waals surface area contributed by atoms with Gasteiger partial charge in [-0.1, -0.05) is 30.9 Å². The summed E-state index contributed by atoms with van der Waals surface area (Å²) < 4.78 is 0. The van der Waals surface area contributed by atoms with Crippen LogP contribution >= 0.6 is 11.6 Å². The zero-order valence-corrected chi connectivity index (χ0v) is 13.2. The van der Waals surface area contributed by atoms with Gasteiger partial charge in [-0.05, 0) is 31.0 Å². The third-order valence-corrected chi connectivity index (χ3v) is 4.33. The van der Waals surface area contributed by atoms with Gasteiger partial charge < -0.3 is 15.3 Å². The van der Waals surface area contributed by atoms with Gasteiger partial charge in [-0.2, -0.15) is 0 Å². The molecule has 2 rings (SSSR count). The van der Waals surface area contributed by atoms with Crippen molar-refractivity contribution >= 4 is 23.2 Å². The van der Waals surface area contributed by atoms with Crippen LogP contribution in [0.15, 0.2) is 18.2 Å². The molecule has 1 amide bonds. The van der Waals surface area contributed by atoms with E-state index in [0.29, 0.717) is 17.1 Å². The van der Waals surface area contributed by atoms with E-state index >= 15 is 0 Å². The fraction of sp³-hybridized carbons (Fsp3) is 0.562. The Hall–Kier alpha value is -1.26. The summed E-state index contributed by atoms with van der Waals surface area (Å²) in [5, 5.41) is 12.9. The maximum absolute atomic E-state index is 12.9. The molecule has 0 unspecified atom stereocenters. The number of benzene rings is 1. The number of anilines is 1. The minimum Gasteiger partial charge on any atom is -0.395 e. The molecule has 116 valence electrons. The molecule has 0 spiro atoms. The number of nitrogens with zero attached hydrogens (tertiary/aromatic N) is 1. The van der Waals surface area contributed by atoms with Gasteiger partial charge >= 0.3 is 0 Å². The van der Waals surface area contributed by atoms with E-state index in [-0.39, 0.29) is 18.6 Å². The third kappa shape index (κ3) is 3.89. The molecule has 0 atom stereocenters. The summed E-state index contributed by atoms with van der Waals surface area (Å²) in [6, 6.07) is 5.50. The Balaban J connectivity index is 2.27. The molecular formula is C16H23ClN2O2. The van der Waals surface area contributed by atoms with Crippen LogP contribution in [-0.4, -0.2) is 42.2 Å². The summed E-state index contributed by atoms with van der Waals surface area (Å²) in [5.74, 6) is -0.0530. The first kappa shape index (κ1) is 16.1. The molecule has 5 heteroatoms. The molecule has 0 bridgehead atoms. The molecule has 21 heavy (non-hydrogen) atoms. The van der Waals surface area contributed by atoms with Crippen molar-refractivity contribution in [2.75, 3.05) is 25.5 Å². The van der Waals surface area contributed by atoms with E-state index < -0.39 is 0 Å². The van der Waals surface area contributed by atoms with Crippen molar-refractivity contribution in [1.82, 2.24) is 4.90 Å². The van der Waals surface area contributed by atoms with Crippen LogP contribution in [0.3, 0.4) is 0 Å². The highest BCUT2D eigenvalue weighted by atomic mass is 35.5. The van der Waals surface area contributed by atoms with Gasteiger partial charge in [0.25, 0.3) is 5.91 Å². The molecule has 1 aliphatic rings. The highest BCUT2D eigenvalue weighted by Crippen LogP contribution is 2.27. The molecule has 0 aromatic heterocycles. The second-order valence-electron chi connectivity index (χ2n) is 5.45. The van der Waals surface area contributed by atoms with Crippen molar-refractivity contribution < 1.29 is 9.90 Å². The Morgan fingerprint density at radius 1 is 1.38 bits per heavy atom. The van der Waals surface area contributed by atoms with Crippen molar-refractivity contribution in [3.8, 4) is 0 Å². The topological polar surface area (TPSA) is 52.6 Å².